The van der Waals surface area contributed by atoms with Crippen LogP contribution in [-0.2, 0) is 26.4 Å². The van der Waals surface area contributed by atoms with Crippen LogP contribution in [0.1, 0.15) is 23.1 Å². The second kappa shape index (κ2) is 4.71. The molecule has 4 rings (SSSR count). The molecular weight excluding hydrogens is 258 g/mol. The number of benzene rings is 2. The molecule has 3 nitrogen and oxygen atoms in total. The van der Waals surface area contributed by atoms with Crippen LogP contribution in [0.5, 0.6) is 0 Å². The minimum atomic E-state index is 0.556. The third-order valence-electron chi connectivity index (χ3n) is 4.54. The van der Waals surface area contributed by atoms with E-state index in [2.05, 4.69) is 48.0 Å². The quantitative estimate of drug-likeness (QED) is 0.782. The summed E-state index contributed by atoms with van der Waals surface area (Å²) < 4.78 is 2.17. The summed E-state index contributed by atoms with van der Waals surface area (Å²) in [6, 6.07) is 13.1. The van der Waals surface area contributed by atoms with Crippen molar-refractivity contribution in [3.8, 4) is 11.4 Å². The molecule has 0 spiro atoms. The zero-order chi connectivity index (χ0) is 14.4. The molecule has 1 heterocycles. The molecule has 1 aliphatic rings. The zero-order valence-electron chi connectivity index (χ0n) is 12.3. The van der Waals surface area contributed by atoms with Gasteiger partial charge in [0.05, 0.1) is 11.0 Å². The average Bonchev–Trinajstić information content (AvgIpc) is 3.10. The number of fused-ring (bicyclic) bond motifs is 2. The minimum absolute atomic E-state index is 0.556. The molecule has 0 aliphatic heterocycles. The van der Waals surface area contributed by atoms with Gasteiger partial charge in [0.2, 0.25) is 0 Å². The first kappa shape index (κ1) is 12.6. The number of aryl methyl sites for hydroxylation is 3. The summed E-state index contributed by atoms with van der Waals surface area (Å²) in [7, 11) is 2.08. The van der Waals surface area contributed by atoms with Crippen molar-refractivity contribution < 1.29 is 0 Å². The lowest BCUT2D eigenvalue weighted by atomic mass is 10.1. The summed E-state index contributed by atoms with van der Waals surface area (Å²) in [4.78, 5) is 4.82. The predicted octanol–water partition coefficient (Wildman–Crippen LogP) is 3.19. The Hall–Kier alpha value is -2.13. The van der Waals surface area contributed by atoms with Crippen LogP contribution in [0.25, 0.3) is 22.4 Å². The van der Waals surface area contributed by atoms with E-state index in [0.29, 0.717) is 6.54 Å². The lowest BCUT2D eigenvalue weighted by molar-refractivity contribution is 0.911. The molecule has 3 heteroatoms. The monoisotopic (exact) mass is 277 g/mol. The fourth-order valence-corrected chi connectivity index (χ4v) is 3.34. The van der Waals surface area contributed by atoms with Crippen LogP contribution in [0.4, 0.5) is 0 Å². The van der Waals surface area contributed by atoms with E-state index in [1.807, 2.05) is 0 Å². The maximum atomic E-state index is 5.72. The highest BCUT2D eigenvalue weighted by molar-refractivity contribution is 5.81. The third kappa shape index (κ3) is 1.96. The van der Waals surface area contributed by atoms with Gasteiger partial charge >= 0.3 is 0 Å². The number of hydrogen-bond acceptors (Lipinski definition) is 2. The minimum Gasteiger partial charge on any atom is -0.327 e. The fourth-order valence-electron chi connectivity index (χ4n) is 3.34. The maximum Gasteiger partial charge on any atom is 0.140 e. The number of rotatable bonds is 2. The van der Waals surface area contributed by atoms with Crippen molar-refractivity contribution >= 4 is 11.0 Å². The Morgan fingerprint density at radius 2 is 1.95 bits per heavy atom. The van der Waals surface area contributed by atoms with Crippen LogP contribution in [0, 0.1) is 0 Å². The summed E-state index contributed by atoms with van der Waals surface area (Å²) in [6.07, 6.45) is 3.70. The van der Waals surface area contributed by atoms with E-state index in [4.69, 9.17) is 10.7 Å². The van der Waals surface area contributed by atoms with Crippen LogP contribution < -0.4 is 5.73 Å². The lowest BCUT2D eigenvalue weighted by Crippen LogP contribution is -1.96. The van der Waals surface area contributed by atoms with E-state index in [1.165, 1.54) is 36.0 Å². The summed E-state index contributed by atoms with van der Waals surface area (Å²) in [5, 5.41) is 0. The maximum absolute atomic E-state index is 5.72. The van der Waals surface area contributed by atoms with Gasteiger partial charge < -0.3 is 10.3 Å². The Morgan fingerprint density at radius 3 is 2.81 bits per heavy atom. The van der Waals surface area contributed by atoms with Crippen LogP contribution in [-0.4, -0.2) is 9.55 Å². The van der Waals surface area contributed by atoms with Crippen LogP contribution in [0.3, 0.4) is 0 Å². The number of nitrogens with two attached hydrogens (primary N) is 1. The molecule has 21 heavy (non-hydrogen) atoms. The third-order valence-corrected chi connectivity index (χ3v) is 4.54. The molecule has 0 radical (unpaired) electrons. The van der Waals surface area contributed by atoms with Gasteiger partial charge in [0.25, 0.3) is 0 Å². The molecule has 2 aromatic carbocycles. The molecule has 2 N–H and O–H groups in total. The molecule has 106 valence electrons. The van der Waals surface area contributed by atoms with E-state index < -0.39 is 0 Å². The smallest absolute Gasteiger partial charge is 0.140 e. The molecule has 0 saturated heterocycles. The topological polar surface area (TPSA) is 43.8 Å². The standard InChI is InChI=1S/C18H19N3/c1-21-17-8-5-12(11-19)9-16(17)20-18(21)15-7-6-13-3-2-4-14(13)10-15/h5-10H,2-4,11,19H2,1H3. The number of nitrogens with zero attached hydrogens (tertiary/aromatic N) is 2. The SMILES string of the molecule is Cn1c(-c2ccc3c(c2)CCC3)nc2cc(CN)ccc21. The number of imidazole rings is 1. The summed E-state index contributed by atoms with van der Waals surface area (Å²) in [5.41, 5.74) is 13.2. The Balaban J connectivity index is 1.88. The molecular formula is C18H19N3. The first-order chi connectivity index (χ1) is 10.3. The molecule has 3 aromatic rings. The summed E-state index contributed by atoms with van der Waals surface area (Å²) in [5.74, 6) is 1.04. The van der Waals surface area contributed by atoms with Gasteiger partial charge in [0, 0.05) is 19.2 Å². The van der Waals surface area contributed by atoms with Gasteiger partial charge in [0.15, 0.2) is 0 Å². The van der Waals surface area contributed by atoms with E-state index in [0.717, 1.165) is 22.4 Å². The molecule has 0 amide bonds. The van der Waals surface area contributed by atoms with Gasteiger partial charge in [0.1, 0.15) is 5.82 Å². The molecule has 1 aliphatic carbocycles. The van der Waals surface area contributed by atoms with Gasteiger partial charge in [-0.1, -0.05) is 18.2 Å². The number of hydrogen-bond donors (Lipinski definition) is 1. The average molecular weight is 277 g/mol. The summed E-state index contributed by atoms with van der Waals surface area (Å²) >= 11 is 0. The van der Waals surface area contributed by atoms with E-state index >= 15 is 0 Å². The molecule has 1 aromatic heterocycles. The van der Waals surface area contributed by atoms with Crippen molar-refractivity contribution in [2.24, 2.45) is 12.8 Å². The van der Waals surface area contributed by atoms with E-state index in [9.17, 15) is 0 Å². The highest BCUT2D eigenvalue weighted by Gasteiger charge is 2.15. The summed E-state index contributed by atoms with van der Waals surface area (Å²) in [6.45, 7) is 0.556. The predicted molar refractivity (Wildman–Crippen MR) is 86.1 cm³/mol. The van der Waals surface area contributed by atoms with Crippen molar-refractivity contribution in [2.75, 3.05) is 0 Å². The highest BCUT2D eigenvalue weighted by atomic mass is 15.1. The largest absolute Gasteiger partial charge is 0.327 e. The van der Waals surface area contributed by atoms with Crippen LogP contribution in [0.2, 0.25) is 0 Å². The highest BCUT2D eigenvalue weighted by Crippen LogP contribution is 2.29. The van der Waals surface area contributed by atoms with Gasteiger partial charge in [-0.15, -0.1) is 0 Å². The first-order valence-corrected chi connectivity index (χ1v) is 7.54. The Kier molecular flexibility index (Phi) is 2.82. The van der Waals surface area contributed by atoms with Crippen molar-refractivity contribution in [1.82, 2.24) is 9.55 Å². The molecule has 0 atom stereocenters. The molecule has 0 bridgehead atoms. The second-order valence-electron chi connectivity index (χ2n) is 5.86. The Labute approximate surface area is 124 Å². The zero-order valence-corrected chi connectivity index (χ0v) is 12.3. The normalized spacial score (nSPS) is 13.8. The molecule has 0 unspecified atom stereocenters. The van der Waals surface area contributed by atoms with Gasteiger partial charge in [-0.05, 0) is 54.2 Å². The molecule has 0 saturated carbocycles. The van der Waals surface area contributed by atoms with Crippen molar-refractivity contribution in [3.63, 3.8) is 0 Å². The lowest BCUT2D eigenvalue weighted by Gasteiger charge is -2.05. The van der Waals surface area contributed by atoms with E-state index in [-0.39, 0.29) is 0 Å². The second-order valence-corrected chi connectivity index (χ2v) is 5.86. The van der Waals surface area contributed by atoms with Crippen molar-refractivity contribution in [1.29, 1.82) is 0 Å². The van der Waals surface area contributed by atoms with Gasteiger partial charge in [-0.3, -0.25) is 0 Å². The number of aromatic nitrogens is 2. The Bertz CT molecular complexity index is 830. The van der Waals surface area contributed by atoms with Crippen LogP contribution >= 0.6 is 0 Å². The first-order valence-electron chi connectivity index (χ1n) is 7.54. The Morgan fingerprint density at radius 1 is 1.10 bits per heavy atom. The van der Waals surface area contributed by atoms with Crippen molar-refractivity contribution in [3.05, 3.63) is 53.1 Å². The van der Waals surface area contributed by atoms with Crippen molar-refractivity contribution in [2.45, 2.75) is 25.8 Å². The van der Waals surface area contributed by atoms with E-state index in [1.54, 1.807) is 0 Å². The van der Waals surface area contributed by atoms with Gasteiger partial charge in [-0.2, -0.15) is 0 Å². The van der Waals surface area contributed by atoms with Crippen LogP contribution in [0.15, 0.2) is 36.4 Å². The van der Waals surface area contributed by atoms with Gasteiger partial charge in [-0.25, -0.2) is 4.98 Å². The molecule has 0 fully saturated rings. The fraction of sp³-hybridized carbons (Fsp3) is 0.278.